The van der Waals surface area contributed by atoms with Crippen LogP contribution in [0.2, 0.25) is 0 Å². The second-order valence-corrected chi connectivity index (χ2v) is 5.84. The molecule has 3 heterocycles. The van der Waals surface area contributed by atoms with Crippen LogP contribution in [-0.2, 0) is 22.7 Å². The second-order valence-electron chi connectivity index (χ2n) is 5.84. The van der Waals surface area contributed by atoms with Crippen LogP contribution >= 0.6 is 0 Å². The lowest BCUT2D eigenvalue weighted by atomic mass is 10.1. The SMILES string of the molecule is O=C(COCc1cc(-c2ccc3c(c2)OCO3)on1)NCc1ccccn1. The summed E-state index contributed by atoms with van der Waals surface area (Å²) in [4.78, 5) is 15.9. The number of amides is 1. The molecule has 0 bridgehead atoms. The molecule has 1 N–H and O–H groups in total. The van der Waals surface area contributed by atoms with E-state index in [2.05, 4.69) is 15.5 Å². The Bertz CT molecular complexity index is 926. The van der Waals surface area contributed by atoms with Gasteiger partial charge in [-0.1, -0.05) is 11.2 Å². The fourth-order valence-corrected chi connectivity index (χ4v) is 2.56. The van der Waals surface area contributed by atoms with Crippen LogP contribution in [-0.4, -0.2) is 29.4 Å². The number of benzene rings is 1. The molecular weight excluding hydrogens is 350 g/mol. The average Bonchev–Trinajstić information content (AvgIpc) is 3.36. The van der Waals surface area contributed by atoms with Gasteiger partial charge in [-0.15, -0.1) is 0 Å². The van der Waals surface area contributed by atoms with E-state index in [1.807, 2.05) is 36.4 Å². The quantitative estimate of drug-likeness (QED) is 0.684. The van der Waals surface area contributed by atoms with Gasteiger partial charge in [0.2, 0.25) is 12.7 Å². The third-order valence-electron chi connectivity index (χ3n) is 3.89. The number of aromatic nitrogens is 2. The van der Waals surface area contributed by atoms with Crippen LogP contribution in [0.1, 0.15) is 11.4 Å². The summed E-state index contributed by atoms with van der Waals surface area (Å²) in [6.45, 7) is 0.683. The van der Waals surface area contributed by atoms with Crippen molar-refractivity contribution in [3.8, 4) is 22.8 Å². The molecule has 0 aliphatic carbocycles. The van der Waals surface area contributed by atoms with E-state index in [1.54, 1.807) is 12.3 Å². The molecule has 27 heavy (non-hydrogen) atoms. The Kier molecular flexibility index (Phi) is 4.97. The molecule has 138 valence electrons. The summed E-state index contributed by atoms with van der Waals surface area (Å²) in [5.74, 6) is 1.75. The molecule has 0 atom stereocenters. The van der Waals surface area contributed by atoms with E-state index in [1.165, 1.54) is 0 Å². The third kappa shape index (κ3) is 4.24. The molecule has 3 aromatic rings. The predicted molar refractivity (Wildman–Crippen MR) is 93.8 cm³/mol. The number of ether oxygens (including phenoxy) is 3. The van der Waals surface area contributed by atoms with Gasteiger partial charge < -0.3 is 24.1 Å². The van der Waals surface area contributed by atoms with Gasteiger partial charge in [-0.3, -0.25) is 9.78 Å². The van der Waals surface area contributed by atoms with Gasteiger partial charge in [0, 0.05) is 17.8 Å². The van der Waals surface area contributed by atoms with Crippen molar-refractivity contribution in [1.82, 2.24) is 15.5 Å². The Morgan fingerprint density at radius 1 is 1.11 bits per heavy atom. The van der Waals surface area contributed by atoms with Crippen molar-refractivity contribution in [1.29, 1.82) is 0 Å². The number of carbonyl (C=O) groups excluding carboxylic acids is 1. The zero-order valence-corrected chi connectivity index (χ0v) is 14.4. The minimum atomic E-state index is -0.222. The van der Waals surface area contributed by atoms with Crippen molar-refractivity contribution < 1.29 is 23.5 Å². The lowest BCUT2D eigenvalue weighted by molar-refractivity contribution is -0.126. The van der Waals surface area contributed by atoms with E-state index < -0.39 is 0 Å². The number of hydrogen-bond donors (Lipinski definition) is 1. The fourth-order valence-electron chi connectivity index (χ4n) is 2.56. The van der Waals surface area contributed by atoms with Gasteiger partial charge in [-0.25, -0.2) is 0 Å². The van der Waals surface area contributed by atoms with Crippen LogP contribution in [0, 0.1) is 0 Å². The van der Waals surface area contributed by atoms with Crippen molar-refractivity contribution in [2.45, 2.75) is 13.2 Å². The standard InChI is InChI=1S/C19H17N3O5/c23-19(21-9-14-3-1-2-6-20-14)11-24-10-15-8-17(27-22-15)13-4-5-16-18(7-13)26-12-25-16/h1-8H,9-12H2,(H,21,23). The van der Waals surface area contributed by atoms with Gasteiger partial charge in [0.05, 0.1) is 18.8 Å². The zero-order valence-electron chi connectivity index (χ0n) is 14.4. The molecule has 0 saturated heterocycles. The minimum absolute atomic E-state index is 0.0704. The minimum Gasteiger partial charge on any atom is -0.454 e. The van der Waals surface area contributed by atoms with Gasteiger partial charge in [0.1, 0.15) is 12.3 Å². The molecule has 0 spiro atoms. The number of hydrogen-bond acceptors (Lipinski definition) is 7. The highest BCUT2D eigenvalue weighted by Crippen LogP contribution is 2.36. The van der Waals surface area contributed by atoms with Crippen molar-refractivity contribution >= 4 is 5.91 Å². The molecule has 0 radical (unpaired) electrons. The predicted octanol–water partition coefficient (Wildman–Crippen LogP) is 2.30. The van der Waals surface area contributed by atoms with Crippen LogP contribution < -0.4 is 14.8 Å². The lowest BCUT2D eigenvalue weighted by Gasteiger charge is -2.04. The summed E-state index contributed by atoms with van der Waals surface area (Å²) in [6.07, 6.45) is 1.68. The van der Waals surface area contributed by atoms with E-state index in [0.717, 1.165) is 11.3 Å². The molecular formula is C19H17N3O5. The van der Waals surface area contributed by atoms with Gasteiger partial charge >= 0.3 is 0 Å². The Hall–Kier alpha value is -3.39. The number of fused-ring (bicyclic) bond motifs is 1. The summed E-state index contributed by atoms with van der Waals surface area (Å²) in [5.41, 5.74) is 2.21. The topological polar surface area (TPSA) is 95.7 Å². The Morgan fingerprint density at radius 2 is 2.04 bits per heavy atom. The normalized spacial score (nSPS) is 12.1. The Morgan fingerprint density at radius 3 is 2.93 bits per heavy atom. The van der Waals surface area contributed by atoms with Crippen LogP contribution in [0.3, 0.4) is 0 Å². The number of pyridine rings is 1. The van der Waals surface area contributed by atoms with Crippen LogP contribution in [0.25, 0.3) is 11.3 Å². The summed E-state index contributed by atoms with van der Waals surface area (Å²) in [5, 5.41) is 6.71. The number of nitrogens with zero attached hydrogens (tertiary/aromatic N) is 2. The van der Waals surface area contributed by atoms with Gasteiger partial charge in [-0.2, -0.15) is 0 Å². The highest BCUT2D eigenvalue weighted by molar-refractivity contribution is 5.77. The largest absolute Gasteiger partial charge is 0.454 e. The Balaban J connectivity index is 1.25. The first kappa shape index (κ1) is 17.0. The highest BCUT2D eigenvalue weighted by Gasteiger charge is 2.16. The number of carbonyl (C=O) groups is 1. The molecule has 4 rings (SSSR count). The van der Waals surface area contributed by atoms with Gasteiger partial charge in [0.15, 0.2) is 17.3 Å². The van der Waals surface area contributed by atoms with E-state index in [-0.39, 0.29) is 25.9 Å². The van der Waals surface area contributed by atoms with Crippen molar-refractivity contribution in [2.75, 3.05) is 13.4 Å². The molecule has 1 aliphatic heterocycles. The van der Waals surface area contributed by atoms with Crippen molar-refractivity contribution in [3.05, 3.63) is 60.0 Å². The fraction of sp³-hybridized carbons (Fsp3) is 0.211. The monoisotopic (exact) mass is 367 g/mol. The average molecular weight is 367 g/mol. The molecule has 8 heteroatoms. The summed E-state index contributed by atoms with van der Waals surface area (Å²) in [7, 11) is 0. The zero-order chi connectivity index (χ0) is 18.5. The van der Waals surface area contributed by atoms with Crippen molar-refractivity contribution in [3.63, 3.8) is 0 Å². The summed E-state index contributed by atoms with van der Waals surface area (Å²) in [6, 6.07) is 12.8. The van der Waals surface area contributed by atoms with Crippen molar-refractivity contribution in [2.24, 2.45) is 0 Å². The van der Waals surface area contributed by atoms with Gasteiger partial charge in [-0.05, 0) is 30.3 Å². The summed E-state index contributed by atoms with van der Waals surface area (Å²) >= 11 is 0. The number of rotatable bonds is 7. The van der Waals surface area contributed by atoms with E-state index in [4.69, 9.17) is 18.7 Å². The highest BCUT2D eigenvalue weighted by atomic mass is 16.7. The Labute approximate surface area is 155 Å². The maximum atomic E-state index is 11.8. The number of nitrogens with one attached hydrogen (secondary N) is 1. The smallest absolute Gasteiger partial charge is 0.246 e. The van der Waals surface area contributed by atoms with E-state index >= 15 is 0 Å². The molecule has 0 unspecified atom stereocenters. The first-order valence-corrected chi connectivity index (χ1v) is 8.38. The molecule has 1 aromatic carbocycles. The van der Waals surface area contributed by atoms with E-state index in [9.17, 15) is 4.79 Å². The maximum Gasteiger partial charge on any atom is 0.246 e. The maximum absolute atomic E-state index is 11.8. The van der Waals surface area contributed by atoms with Gasteiger partial charge in [0.25, 0.3) is 0 Å². The molecule has 1 aliphatic rings. The summed E-state index contributed by atoms with van der Waals surface area (Å²) < 4.78 is 21.4. The van der Waals surface area contributed by atoms with E-state index in [0.29, 0.717) is 29.5 Å². The first-order chi connectivity index (χ1) is 13.3. The molecule has 8 nitrogen and oxygen atoms in total. The molecule has 1 amide bonds. The van der Waals surface area contributed by atoms with Crippen LogP contribution in [0.15, 0.2) is 53.2 Å². The van der Waals surface area contributed by atoms with Crippen LogP contribution in [0.4, 0.5) is 0 Å². The van der Waals surface area contributed by atoms with Crippen LogP contribution in [0.5, 0.6) is 11.5 Å². The third-order valence-corrected chi connectivity index (χ3v) is 3.89. The molecule has 0 saturated carbocycles. The first-order valence-electron chi connectivity index (χ1n) is 8.38. The molecule has 2 aromatic heterocycles. The second kappa shape index (κ2) is 7.88. The molecule has 0 fully saturated rings. The lowest BCUT2D eigenvalue weighted by Crippen LogP contribution is -2.27.